The summed E-state index contributed by atoms with van der Waals surface area (Å²) in [5, 5.41) is 8.58. The zero-order valence-electron chi connectivity index (χ0n) is 4.66. The van der Waals surface area contributed by atoms with Crippen molar-refractivity contribution in [1.29, 1.82) is 0 Å². The van der Waals surface area contributed by atoms with Gasteiger partial charge in [-0.05, 0) is 12.1 Å². The van der Waals surface area contributed by atoms with Crippen LogP contribution in [-0.4, -0.2) is 27.5 Å². The molecule has 0 bridgehead atoms. The second-order valence-corrected chi connectivity index (χ2v) is 1.38. The molecule has 0 amide bonds. The molecule has 0 fully saturated rings. The fraction of sp³-hybridized carbons (Fsp3) is 0. The zero-order chi connectivity index (χ0) is 5.98. The van der Waals surface area contributed by atoms with Gasteiger partial charge in [-0.1, -0.05) is 0 Å². The lowest BCUT2D eigenvalue weighted by atomic mass is 10.5. The van der Waals surface area contributed by atoms with Gasteiger partial charge in [0.1, 0.15) is 0 Å². The molecule has 9 heavy (non-hydrogen) atoms. The number of hydrogen-bond donors (Lipinski definition) is 2. The van der Waals surface area contributed by atoms with E-state index in [9.17, 15) is 4.79 Å². The van der Waals surface area contributed by atoms with Gasteiger partial charge in [-0.25, -0.2) is 0 Å². The number of nitrogens with one attached hydrogen (secondary N) is 1. The maximum atomic E-state index is 10.3. The molecule has 0 saturated carbocycles. The molecule has 0 aliphatic carbocycles. The number of aromatic hydroxyl groups is 1. The van der Waals surface area contributed by atoms with Gasteiger partial charge < -0.3 is 10.1 Å². The SMILES string of the molecule is O=c1[nH]cccc1O.[Al]. The van der Waals surface area contributed by atoms with Crippen molar-refractivity contribution in [3.05, 3.63) is 28.7 Å². The van der Waals surface area contributed by atoms with E-state index in [2.05, 4.69) is 4.98 Å². The number of hydrogen-bond acceptors (Lipinski definition) is 2. The van der Waals surface area contributed by atoms with Gasteiger partial charge in [0.25, 0.3) is 5.56 Å². The molecule has 1 rings (SSSR count). The molecule has 4 heteroatoms. The highest BCUT2D eigenvalue weighted by atomic mass is 27.0. The Balaban J connectivity index is 0.000000640. The molecule has 0 unspecified atom stereocenters. The molecule has 0 aliphatic heterocycles. The molecule has 3 radical (unpaired) electrons. The Hall–Kier alpha value is -0.718. The minimum atomic E-state index is -0.451. The summed E-state index contributed by atoms with van der Waals surface area (Å²) in [6.45, 7) is 0. The standard InChI is InChI=1S/C5H5NO2.Al/c7-4-2-1-3-6-5(4)8;/h1-3,7H,(H,6,8);. The number of aromatic amines is 1. The highest BCUT2D eigenvalue weighted by Crippen LogP contribution is 1.92. The minimum absolute atomic E-state index is 0. The van der Waals surface area contributed by atoms with Gasteiger partial charge in [-0.15, -0.1) is 0 Å². The molecule has 1 heterocycles. The Morgan fingerprint density at radius 1 is 1.56 bits per heavy atom. The molecule has 0 saturated heterocycles. The van der Waals surface area contributed by atoms with E-state index in [4.69, 9.17) is 5.11 Å². The molecular weight excluding hydrogens is 133 g/mol. The Labute approximate surface area is 62.5 Å². The first kappa shape index (κ1) is 8.28. The van der Waals surface area contributed by atoms with E-state index in [0.717, 1.165) is 0 Å². The Morgan fingerprint density at radius 2 is 2.22 bits per heavy atom. The van der Waals surface area contributed by atoms with Crippen LogP contribution in [0.1, 0.15) is 0 Å². The predicted molar refractivity (Wildman–Crippen MR) is 34.5 cm³/mol. The van der Waals surface area contributed by atoms with Crippen molar-refractivity contribution in [2.45, 2.75) is 0 Å². The molecular formula is C5H5AlNO2. The summed E-state index contributed by atoms with van der Waals surface area (Å²) in [5.74, 6) is -0.243. The summed E-state index contributed by atoms with van der Waals surface area (Å²) in [6.07, 6.45) is 1.46. The highest BCUT2D eigenvalue weighted by molar-refractivity contribution is 5.75. The van der Waals surface area contributed by atoms with Crippen LogP contribution in [0.5, 0.6) is 5.75 Å². The molecule has 0 aliphatic rings. The fourth-order valence-corrected chi connectivity index (χ4v) is 0.413. The van der Waals surface area contributed by atoms with Crippen LogP contribution < -0.4 is 5.56 Å². The van der Waals surface area contributed by atoms with Crippen LogP contribution in [0.2, 0.25) is 0 Å². The Morgan fingerprint density at radius 3 is 2.56 bits per heavy atom. The predicted octanol–water partition coefficient (Wildman–Crippen LogP) is -0.300. The number of rotatable bonds is 0. The lowest BCUT2D eigenvalue weighted by molar-refractivity contribution is 0.466. The summed E-state index contributed by atoms with van der Waals surface area (Å²) in [5.41, 5.74) is -0.451. The second-order valence-electron chi connectivity index (χ2n) is 1.38. The molecule has 0 atom stereocenters. The van der Waals surface area contributed by atoms with E-state index in [1.165, 1.54) is 12.3 Å². The van der Waals surface area contributed by atoms with E-state index in [0.29, 0.717) is 0 Å². The largest absolute Gasteiger partial charge is 0.503 e. The average Bonchev–Trinajstić information content (AvgIpc) is 1.77. The van der Waals surface area contributed by atoms with Crippen molar-refractivity contribution in [2.75, 3.05) is 0 Å². The Kier molecular flexibility index (Phi) is 3.07. The average molecular weight is 138 g/mol. The third kappa shape index (κ3) is 1.92. The van der Waals surface area contributed by atoms with Crippen LogP contribution >= 0.6 is 0 Å². The second kappa shape index (κ2) is 3.34. The first-order valence-corrected chi connectivity index (χ1v) is 2.17. The van der Waals surface area contributed by atoms with Gasteiger partial charge in [0.05, 0.1) is 0 Å². The molecule has 45 valence electrons. The van der Waals surface area contributed by atoms with Crippen molar-refractivity contribution >= 4 is 17.4 Å². The van der Waals surface area contributed by atoms with E-state index in [1.54, 1.807) is 6.07 Å². The van der Waals surface area contributed by atoms with Crippen molar-refractivity contribution in [3.8, 4) is 5.75 Å². The number of aromatic nitrogens is 1. The molecule has 3 nitrogen and oxygen atoms in total. The number of H-pyrrole nitrogens is 1. The van der Waals surface area contributed by atoms with Gasteiger partial charge in [0, 0.05) is 23.6 Å². The van der Waals surface area contributed by atoms with Crippen molar-refractivity contribution < 1.29 is 5.11 Å². The highest BCUT2D eigenvalue weighted by Gasteiger charge is 1.87. The van der Waals surface area contributed by atoms with Crippen LogP contribution in [0.15, 0.2) is 23.1 Å². The van der Waals surface area contributed by atoms with Gasteiger partial charge in [-0.3, -0.25) is 4.79 Å². The van der Waals surface area contributed by atoms with Crippen LogP contribution in [0.3, 0.4) is 0 Å². The maximum absolute atomic E-state index is 10.3. The molecule has 1 aromatic heterocycles. The monoisotopic (exact) mass is 138 g/mol. The first-order valence-electron chi connectivity index (χ1n) is 2.17. The van der Waals surface area contributed by atoms with E-state index in [1.807, 2.05) is 0 Å². The molecule has 0 aromatic carbocycles. The molecule has 2 N–H and O–H groups in total. The van der Waals surface area contributed by atoms with Crippen LogP contribution in [-0.2, 0) is 0 Å². The van der Waals surface area contributed by atoms with Gasteiger partial charge in [-0.2, -0.15) is 0 Å². The summed E-state index contributed by atoms with van der Waals surface area (Å²) in [4.78, 5) is 12.6. The van der Waals surface area contributed by atoms with Crippen LogP contribution in [0.25, 0.3) is 0 Å². The third-order valence-electron chi connectivity index (χ3n) is 0.797. The van der Waals surface area contributed by atoms with Crippen LogP contribution in [0.4, 0.5) is 0 Å². The summed E-state index contributed by atoms with van der Waals surface area (Å²) in [7, 11) is 0. The smallest absolute Gasteiger partial charge is 0.290 e. The fourth-order valence-electron chi connectivity index (χ4n) is 0.413. The van der Waals surface area contributed by atoms with E-state index < -0.39 is 5.56 Å². The van der Waals surface area contributed by atoms with Crippen molar-refractivity contribution in [3.63, 3.8) is 0 Å². The van der Waals surface area contributed by atoms with Crippen molar-refractivity contribution in [1.82, 2.24) is 4.98 Å². The summed E-state index contributed by atoms with van der Waals surface area (Å²) >= 11 is 0. The summed E-state index contributed by atoms with van der Waals surface area (Å²) in [6, 6.07) is 2.88. The molecule has 1 aromatic rings. The quantitative estimate of drug-likeness (QED) is 0.483. The maximum Gasteiger partial charge on any atom is 0.290 e. The lowest BCUT2D eigenvalue weighted by Gasteiger charge is -1.83. The van der Waals surface area contributed by atoms with Gasteiger partial charge in [0.2, 0.25) is 0 Å². The van der Waals surface area contributed by atoms with E-state index in [-0.39, 0.29) is 23.1 Å². The zero-order valence-corrected chi connectivity index (χ0v) is 5.82. The first-order chi connectivity index (χ1) is 3.80. The summed E-state index contributed by atoms with van der Waals surface area (Å²) < 4.78 is 0. The van der Waals surface area contributed by atoms with Crippen LogP contribution in [0, 0.1) is 0 Å². The van der Waals surface area contributed by atoms with E-state index >= 15 is 0 Å². The number of pyridine rings is 1. The Bertz CT molecular complexity index is 232. The third-order valence-corrected chi connectivity index (χ3v) is 0.797. The van der Waals surface area contributed by atoms with Gasteiger partial charge in [0.15, 0.2) is 5.75 Å². The minimum Gasteiger partial charge on any atom is -0.503 e. The normalized spacial score (nSPS) is 8.00. The topological polar surface area (TPSA) is 53.1 Å². The lowest BCUT2D eigenvalue weighted by Crippen LogP contribution is -2.01. The van der Waals surface area contributed by atoms with Crippen molar-refractivity contribution in [2.24, 2.45) is 0 Å². The van der Waals surface area contributed by atoms with Gasteiger partial charge >= 0.3 is 0 Å². The molecule has 0 spiro atoms.